The molecule has 0 aromatic heterocycles. The van der Waals surface area contributed by atoms with Crippen LogP contribution in [0.5, 0.6) is 0 Å². The Morgan fingerprint density at radius 3 is 2.56 bits per heavy atom. The van der Waals surface area contributed by atoms with E-state index in [1.54, 1.807) is 4.90 Å². The highest BCUT2D eigenvalue weighted by Crippen LogP contribution is 2.29. The minimum Gasteiger partial charge on any atom is -0.311 e. The van der Waals surface area contributed by atoms with E-state index in [1.807, 2.05) is 32.0 Å². The first-order chi connectivity index (χ1) is 12.9. The van der Waals surface area contributed by atoms with Gasteiger partial charge in [0.15, 0.2) is 0 Å². The average molecular weight is 369 g/mol. The Balaban J connectivity index is 1.63. The van der Waals surface area contributed by atoms with E-state index in [1.165, 1.54) is 18.2 Å². The Morgan fingerprint density at radius 1 is 1.07 bits per heavy atom. The van der Waals surface area contributed by atoms with E-state index in [-0.39, 0.29) is 24.4 Å². The van der Waals surface area contributed by atoms with Gasteiger partial charge in [0, 0.05) is 18.7 Å². The second kappa shape index (κ2) is 7.57. The van der Waals surface area contributed by atoms with Crippen LogP contribution in [-0.2, 0) is 9.59 Å². The third-order valence-corrected chi connectivity index (χ3v) is 4.78. The molecule has 1 fully saturated rings. The van der Waals surface area contributed by atoms with Gasteiger partial charge >= 0.3 is 0 Å². The number of nitrogens with zero attached hydrogens (tertiary/aromatic N) is 1. The van der Waals surface area contributed by atoms with Crippen LogP contribution in [0.2, 0.25) is 0 Å². The SMILES string of the molecule is Cc1cccc(N2CC(C(=O)NNC(=O)c3ccccc3F)CC2=O)c1C. The van der Waals surface area contributed by atoms with Gasteiger partial charge in [-0.1, -0.05) is 24.3 Å². The van der Waals surface area contributed by atoms with Crippen molar-refractivity contribution in [3.8, 4) is 0 Å². The quantitative estimate of drug-likeness (QED) is 0.815. The molecule has 7 heteroatoms. The van der Waals surface area contributed by atoms with E-state index in [0.29, 0.717) is 0 Å². The van der Waals surface area contributed by atoms with Gasteiger partial charge in [0.25, 0.3) is 5.91 Å². The number of rotatable bonds is 3. The number of aryl methyl sites for hydroxylation is 1. The number of hydrazine groups is 1. The molecule has 1 aliphatic heterocycles. The lowest BCUT2D eigenvalue weighted by molar-refractivity contribution is -0.126. The Hall–Kier alpha value is -3.22. The van der Waals surface area contributed by atoms with Crippen molar-refractivity contribution in [1.29, 1.82) is 0 Å². The molecule has 6 nitrogen and oxygen atoms in total. The number of hydrogen-bond donors (Lipinski definition) is 2. The summed E-state index contributed by atoms with van der Waals surface area (Å²) in [5.74, 6) is -2.66. The lowest BCUT2D eigenvalue weighted by Crippen LogP contribution is -2.45. The van der Waals surface area contributed by atoms with Crippen molar-refractivity contribution >= 4 is 23.4 Å². The molecule has 1 saturated heterocycles. The first kappa shape index (κ1) is 18.6. The van der Waals surface area contributed by atoms with Gasteiger partial charge in [-0.25, -0.2) is 4.39 Å². The number of nitrogens with one attached hydrogen (secondary N) is 2. The zero-order valence-corrected chi connectivity index (χ0v) is 15.1. The molecule has 0 bridgehead atoms. The summed E-state index contributed by atoms with van der Waals surface area (Å²) in [6.07, 6.45) is 0.0504. The first-order valence-electron chi connectivity index (χ1n) is 8.59. The number of carbonyl (C=O) groups is 3. The van der Waals surface area contributed by atoms with E-state index in [2.05, 4.69) is 10.9 Å². The van der Waals surface area contributed by atoms with Crippen LogP contribution in [0, 0.1) is 25.6 Å². The molecule has 0 radical (unpaired) electrons. The average Bonchev–Trinajstić information content (AvgIpc) is 3.04. The summed E-state index contributed by atoms with van der Waals surface area (Å²) < 4.78 is 13.6. The number of hydrogen-bond acceptors (Lipinski definition) is 3. The van der Waals surface area contributed by atoms with E-state index >= 15 is 0 Å². The molecule has 2 aromatic rings. The number of anilines is 1. The van der Waals surface area contributed by atoms with Gasteiger partial charge in [-0.3, -0.25) is 25.2 Å². The van der Waals surface area contributed by atoms with Gasteiger partial charge in [0.2, 0.25) is 11.8 Å². The van der Waals surface area contributed by atoms with E-state index in [0.717, 1.165) is 22.9 Å². The smallest absolute Gasteiger partial charge is 0.272 e. The fraction of sp³-hybridized carbons (Fsp3) is 0.250. The van der Waals surface area contributed by atoms with Crippen LogP contribution in [0.1, 0.15) is 27.9 Å². The predicted octanol–water partition coefficient (Wildman–Crippen LogP) is 2.26. The molecule has 1 atom stereocenters. The molecule has 1 unspecified atom stereocenters. The molecule has 3 amide bonds. The van der Waals surface area contributed by atoms with Gasteiger partial charge in [0.05, 0.1) is 11.5 Å². The normalized spacial score (nSPS) is 16.3. The largest absolute Gasteiger partial charge is 0.311 e. The molecular formula is C20H20FN3O3. The van der Waals surface area contributed by atoms with E-state index in [4.69, 9.17) is 0 Å². The van der Waals surface area contributed by atoms with Crippen molar-refractivity contribution in [2.45, 2.75) is 20.3 Å². The van der Waals surface area contributed by atoms with Crippen molar-refractivity contribution in [2.24, 2.45) is 5.92 Å². The molecule has 1 aliphatic rings. The van der Waals surface area contributed by atoms with Crippen molar-refractivity contribution in [1.82, 2.24) is 10.9 Å². The van der Waals surface area contributed by atoms with E-state index < -0.39 is 23.5 Å². The Bertz CT molecular complexity index is 913. The summed E-state index contributed by atoms with van der Waals surface area (Å²) in [7, 11) is 0. The topological polar surface area (TPSA) is 78.5 Å². The van der Waals surface area contributed by atoms with Gasteiger partial charge < -0.3 is 4.90 Å². The molecule has 0 aliphatic carbocycles. The zero-order chi connectivity index (χ0) is 19.6. The van der Waals surface area contributed by atoms with Crippen LogP contribution in [-0.4, -0.2) is 24.3 Å². The first-order valence-corrected chi connectivity index (χ1v) is 8.59. The van der Waals surface area contributed by atoms with Crippen LogP contribution in [0.3, 0.4) is 0 Å². The predicted molar refractivity (Wildman–Crippen MR) is 98.4 cm³/mol. The Morgan fingerprint density at radius 2 is 1.81 bits per heavy atom. The number of halogens is 1. The number of amides is 3. The second-order valence-electron chi connectivity index (χ2n) is 6.55. The maximum atomic E-state index is 13.6. The minimum absolute atomic E-state index is 0.0504. The van der Waals surface area contributed by atoms with Gasteiger partial charge in [-0.2, -0.15) is 0 Å². The molecular weight excluding hydrogens is 349 g/mol. The zero-order valence-electron chi connectivity index (χ0n) is 15.1. The fourth-order valence-corrected chi connectivity index (χ4v) is 3.08. The second-order valence-corrected chi connectivity index (χ2v) is 6.55. The molecule has 0 saturated carbocycles. The Kier molecular flexibility index (Phi) is 5.21. The van der Waals surface area contributed by atoms with Crippen molar-refractivity contribution in [2.75, 3.05) is 11.4 Å². The third kappa shape index (κ3) is 3.81. The molecule has 1 heterocycles. The highest BCUT2D eigenvalue weighted by molar-refractivity contribution is 6.01. The summed E-state index contributed by atoms with van der Waals surface area (Å²) in [6.45, 7) is 4.12. The van der Waals surface area contributed by atoms with Gasteiger partial charge in [0.1, 0.15) is 5.82 Å². The highest BCUT2D eigenvalue weighted by Gasteiger charge is 2.36. The van der Waals surface area contributed by atoms with E-state index in [9.17, 15) is 18.8 Å². The number of benzene rings is 2. The summed E-state index contributed by atoms with van der Waals surface area (Å²) >= 11 is 0. The lowest BCUT2D eigenvalue weighted by Gasteiger charge is -2.20. The summed E-state index contributed by atoms with van der Waals surface area (Å²) in [6, 6.07) is 11.1. The minimum atomic E-state index is -0.753. The van der Waals surface area contributed by atoms with Crippen LogP contribution in [0.15, 0.2) is 42.5 Å². The summed E-state index contributed by atoms with van der Waals surface area (Å²) in [5, 5.41) is 0. The summed E-state index contributed by atoms with van der Waals surface area (Å²) in [5.41, 5.74) is 7.14. The van der Waals surface area contributed by atoms with Gasteiger partial charge in [-0.05, 0) is 43.2 Å². The van der Waals surface area contributed by atoms with Crippen LogP contribution in [0.4, 0.5) is 10.1 Å². The molecule has 140 valence electrons. The molecule has 2 aromatic carbocycles. The fourth-order valence-electron chi connectivity index (χ4n) is 3.08. The van der Waals surface area contributed by atoms with Crippen molar-refractivity contribution in [3.05, 3.63) is 65.0 Å². The maximum Gasteiger partial charge on any atom is 0.272 e. The van der Waals surface area contributed by atoms with Crippen LogP contribution < -0.4 is 15.8 Å². The van der Waals surface area contributed by atoms with Crippen molar-refractivity contribution in [3.63, 3.8) is 0 Å². The maximum absolute atomic E-state index is 13.6. The highest BCUT2D eigenvalue weighted by atomic mass is 19.1. The Labute approximate surface area is 156 Å². The van der Waals surface area contributed by atoms with Crippen LogP contribution >= 0.6 is 0 Å². The molecule has 2 N–H and O–H groups in total. The monoisotopic (exact) mass is 369 g/mol. The molecule has 27 heavy (non-hydrogen) atoms. The van der Waals surface area contributed by atoms with Crippen LogP contribution in [0.25, 0.3) is 0 Å². The standard InChI is InChI=1S/C20H20FN3O3/c1-12-6-5-9-17(13(12)2)24-11-14(10-18(24)25)19(26)22-23-20(27)15-7-3-4-8-16(15)21/h3-9,14H,10-11H2,1-2H3,(H,22,26)(H,23,27). The molecule has 0 spiro atoms. The molecule has 3 rings (SSSR count). The number of carbonyl (C=O) groups excluding carboxylic acids is 3. The lowest BCUT2D eigenvalue weighted by atomic mass is 10.1. The van der Waals surface area contributed by atoms with Gasteiger partial charge in [-0.15, -0.1) is 0 Å². The third-order valence-electron chi connectivity index (χ3n) is 4.78. The van der Waals surface area contributed by atoms with Crippen molar-refractivity contribution < 1.29 is 18.8 Å². The summed E-state index contributed by atoms with van der Waals surface area (Å²) in [4.78, 5) is 38.3.